The van der Waals surface area contributed by atoms with E-state index in [2.05, 4.69) is 9.97 Å². The number of methoxy groups -OCH3 is 2. The van der Waals surface area contributed by atoms with Crippen molar-refractivity contribution in [1.29, 1.82) is 0 Å². The fourth-order valence-corrected chi connectivity index (χ4v) is 6.47. The first-order chi connectivity index (χ1) is 18.3. The number of aromatic nitrogens is 2. The van der Waals surface area contributed by atoms with Gasteiger partial charge in [-0.05, 0) is 45.0 Å². The van der Waals surface area contributed by atoms with Gasteiger partial charge < -0.3 is 19.3 Å². The summed E-state index contributed by atoms with van der Waals surface area (Å²) in [6.07, 6.45) is 0. The van der Waals surface area contributed by atoms with Crippen LogP contribution in [0.5, 0.6) is 17.2 Å². The van der Waals surface area contributed by atoms with E-state index in [1.54, 1.807) is 32.0 Å². The number of ether oxygens (including phenoxy) is 3. The van der Waals surface area contributed by atoms with Gasteiger partial charge >= 0.3 is 0 Å². The van der Waals surface area contributed by atoms with Gasteiger partial charge in [-0.25, -0.2) is 9.97 Å². The minimum atomic E-state index is -1.02. The molecule has 1 amide bonds. The van der Waals surface area contributed by atoms with Crippen LogP contribution in [0.1, 0.15) is 38.9 Å². The lowest BCUT2D eigenvalue weighted by Crippen LogP contribution is -2.31. The lowest BCUT2D eigenvalue weighted by Gasteiger charge is -2.26. The molecule has 11 heteroatoms. The van der Waals surface area contributed by atoms with E-state index in [9.17, 15) is 14.7 Å². The average Bonchev–Trinajstić information content (AvgIpc) is 3.55. The van der Waals surface area contributed by atoms with E-state index in [0.29, 0.717) is 55.6 Å². The van der Waals surface area contributed by atoms with Crippen LogP contribution < -0.4 is 19.1 Å². The maximum absolute atomic E-state index is 13.9. The van der Waals surface area contributed by atoms with Gasteiger partial charge in [-0.1, -0.05) is 23.5 Å². The van der Waals surface area contributed by atoms with E-state index in [1.807, 2.05) is 25.1 Å². The second kappa shape index (κ2) is 10.1. The number of amides is 1. The fraction of sp³-hybridized carbons (Fsp3) is 0.259. The number of aryl methyl sites for hydroxylation is 2. The number of rotatable bonds is 8. The molecule has 1 aliphatic rings. The van der Waals surface area contributed by atoms with Crippen molar-refractivity contribution in [2.24, 2.45) is 0 Å². The van der Waals surface area contributed by atoms with Crippen LogP contribution in [0.15, 0.2) is 47.7 Å². The molecular weight excluding hydrogens is 526 g/mol. The summed E-state index contributed by atoms with van der Waals surface area (Å²) in [5.74, 6) is -0.394. The minimum Gasteiger partial charge on any atom is -0.503 e. The molecule has 9 nitrogen and oxygen atoms in total. The molecule has 1 aliphatic heterocycles. The van der Waals surface area contributed by atoms with E-state index in [0.717, 1.165) is 4.70 Å². The quantitative estimate of drug-likeness (QED) is 0.283. The second-order valence-electron chi connectivity index (χ2n) is 8.46. The first-order valence-electron chi connectivity index (χ1n) is 11.8. The highest BCUT2D eigenvalue weighted by Crippen LogP contribution is 2.48. The zero-order chi connectivity index (χ0) is 27.1. The summed E-state index contributed by atoms with van der Waals surface area (Å²) >= 11 is 2.48. The number of benzene rings is 2. The molecule has 0 spiro atoms. The third kappa shape index (κ3) is 4.17. The molecule has 0 saturated heterocycles. The molecule has 0 saturated carbocycles. The van der Waals surface area contributed by atoms with Crippen molar-refractivity contribution in [1.82, 2.24) is 9.97 Å². The predicted molar refractivity (Wildman–Crippen MR) is 146 cm³/mol. The molecule has 2 aromatic carbocycles. The molecule has 4 aromatic rings. The third-order valence-corrected chi connectivity index (χ3v) is 8.25. The molecule has 1 N–H and O–H groups in total. The van der Waals surface area contributed by atoms with Crippen LogP contribution in [0.3, 0.4) is 0 Å². The van der Waals surface area contributed by atoms with Gasteiger partial charge in [0.15, 0.2) is 22.4 Å². The van der Waals surface area contributed by atoms with Crippen LogP contribution in [0.2, 0.25) is 0 Å². The van der Waals surface area contributed by atoms with Crippen molar-refractivity contribution < 1.29 is 28.9 Å². The molecule has 0 radical (unpaired) electrons. The molecule has 3 heterocycles. The van der Waals surface area contributed by atoms with Gasteiger partial charge in [-0.2, -0.15) is 0 Å². The number of aliphatic hydroxyl groups is 1. The van der Waals surface area contributed by atoms with E-state index in [1.165, 1.54) is 41.8 Å². The number of carbonyl (C=O) groups is 2. The number of carbonyl (C=O) groups excluding carboxylic acids is 2. The number of para-hydroxylation sites is 1. The number of ketones is 1. The molecule has 0 fully saturated rings. The summed E-state index contributed by atoms with van der Waals surface area (Å²) in [5.41, 5.74) is 1.60. The van der Waals surface area contributed by atoms with Gasteiger partial charge in [-0.15, -0.1) is 11.3 Å². The highest BCUT2D eigenvalue weighted by Gasteiger charge is 2.47. The monoisotopic (exact) mass is 551 g/mol. The Bertz CT molecular complexity index is 1610. The standard InChI is InChI=1S/C27H25N3O6S2/c1-6-36-15-10-11-17-19(12-15)38-27(29-17)30-21(16-8-7-9-18(34-4)24(16)35-5)20(23(32)26(30)33)22(31)25-13(2)28-14(3)37-25/h7-12,21,32H,6H2,1-5H3. The third-order valence-electron chi connectivity index (χ3n) is 6.16. The van der Waals surface area contributed by atoms with E-state index >= 15 is 0 Å². The Hall–Kier alpha value is -3.96. The Balaban J connectivity index is 1.72. The van der Waals surface area contributed by atoms with E-state index < -0.39 is 23.5 Å². The largest absolute Gasteiger partial charge is 0.503 e. The van der Waals surface area contributed by atoms with Gasteiger partial charge in [0.25, 0.3) is 5.91 Å². The number of hydrogen-bond acceptors (Lipinski definition) is 10. The number of thiazole rings is 2. The molecule has 0 bridgehead atoms. The Morgan fingerprint density at radius 3 is 2.55 bits per heavy atom. The number of Topliss-reactive ketones (excluding diaryl/α,β-unsaturated/α-hetero) is 1. The van der Waals surface area contributed by atoms with Crippen LogP contribution in [-0.2, 0) is 4.79 Å². The van der Waals surface area contributed by atoms with E-state index in [-0.39, 0.29) is 5.57 Å². The topological polar surface area (TPSA) is 111 Å². The Kier molecular flexibility index (Phi) is 6.80. The summed E-state index contributed by atoms with van der Waals surface area (Å²) in [7, 11) is 2.99. The van der Waals surface area contributed by atoms with Crippen LogP contribution in [0.25, 0.3) is 10.2 Å². The molecule has 38 heavy (non-hydrogen) atoms. The van der Waals surface area contributed by atoms with Crippen molar-refractivity contribution in [2.45, 2.75) is 26.8 Å². The van der Waals surface area contributed by atoms with Gasteiger partial charge in [-0.3, -0.25) is 14.5 Å². The molecule has 2 aromatic heterocycles. The zero-order valence-corrected chi connectivity index (χ0v) is 23.0. The lowest BCUT2D eigenvalue weighted by molar-refractivity contribution is -0.117. The normalized spacial score (nSPS) is 15.4. The maximum Gasteiger partial charge on any atom is 0.296 e. The number of anilines is 1. The lowest BCUT2D eigenvalue weighted by atomic mass is 9.94. The molecule has 196 valence electrons. The Morgan fingerprint density at radius 1 is 1.11 bits per heavy atom. The van der Waals surface area contributed by atoms with E-state index in [4.69, 9.17) is 14.2 Å². The first-order valence-corrected chi connectivity index (χ1v) is 13.4. The summed E-state index contributed by atoms with van der Waals surface area (Å²) in [5, 5.41) is 12.2. The predicted octanol–water partition coefficient (Wildman–Crippen LogP) is 5.57. The number of nitrogens with zero attached hydrogens (tertiary/aromatic N) is 3. The Labute approximate surface area is 226 Å². The van der Waals surface area contributed by atoms with Crippen molar-refractivity contribution in [3.05, 3.63) is 68.9 Å². The van der Waals surface area contributed by atoms with Crippen LogP contribution in [-0.4, -0.2) is 47.6 Å². The average molecular weight is 552 g/mol. The number of fused-ring (bicyclic) bond motifs is 1. The van der Waals surface area contributed by atoms with Gasteiger partial charge in [0.2, 0.25) is 5.78 Å². The zero-order valence-electron chi connectivity index (χ0n) is 21.4. The first kappa shape index (κ1) is 25.7. The molecule has 0 aliphatic carbocycles. The summed E-state index contributed by atoms with van der Waals surface area (Å²) in [6, 6.07) is 9.65. The van der Waals surface area contributed by atoms with Crippen LogP contribution in [0, 0.1) is 13.8 Å². The van der Waals surface area contributed by atoms with Crippen LogP contribution in [0.4, 0.5) is 5.13 Å². The molecular formula is C27H25N3O6S2. The second-order valence-corrected chi connectivity index (χ2v) is 10.7. The van der Waals surface area contributed by atoms with Crippen LogP contribution >= 0.6 is 22.7 Å². The van der Waals surface area contributed by atoms with Gasteiger partial charge in [0.1, 0.15) is 11.8 Å². The van der Waals surface area contributed by atoms with Crippen molar-refractivity contribution in [3.63, 3.8) is 0 Å². The summed E-state index contributed by atoms with van der Waals surface area (Å²) in [6.45, 7) is 5.94. The molecule has 1 unspecified atom stereocenters. The highest BCUT2D eigenvalue weighted by molar-refractivity contribution is 7.22. The van der Waals surface area contributed by atoms with Gasteiger partial charge in [0, 0.05) is 5.56 Å². The number of hydrogen-bond donors (Lipinski definition) is 1. The smallest absolute Gasteiger partial charge is 0.296 e. The van der Waals surface area contributed by atoms with Crippen molar-refractivity contribution in [3.8, 4) is 17.2 Å². The molecule has 5 rings (SSSR count). The fourth-order valence-electron chi connectivity index (χ4n) is 4.57. The highest BCUT2D eigenvalue weighted by atomic mass is 32.1. The maximum atomic E-state index is 13.9. The minimum absolute atomic E-state index is 0.0671. The Morgan fingerprint density at radius 2 is 1.89 bits per heavy atom. The molecule has 1 atom stereocenters. The van der Waals surface area contributed by atoms with Crippen molar-refractivity contribution >= 4 is 49.7 Å². The SMILES string of the molecule is CCOc1ccc2nc(N3C(=O)C(O)=C(C(=O)c4sc(C)nc4C)C3c3cccc(OC)c3OC)sc2c1. The number of aliphatic hydroxyl groups excluding tert-OH is 1. The van der Waals surface area contributed by atoms with Gasteiger partial charge in [0.05, 0.1) is 52.2 Å². The summed E-state index contributed by atoms with van der Waals surface area (Å²) in [4.78, 5) is 38.3. The summed E-state index contributed by atoms with van der Waals surface area (Å²) < 4.78 is 17.6. The van der Waals surface area contributed by atoms with Crippen molar-refractivity contribution in [2.75, 3.05) is 25.7 Å².